The smallest absolute Gasteiger partial charge is 0.251 e. The highest BCUT2D eigenvalue weighted by Gasteiger charge is 2.28. The zero-order valence-electron chi connectivity index (χ0n) is 14.7. The first-order chi connectivity index (χ1) is 11.0. The molecular formula is C18H29N3O2. The number of rotatable bonds is 2. The molecule has 2 heterocycles. The summed E-state index contributed by atoms with van der Waals surface area (Å²) in [6, 6.07) is 3.85. The number of likely N-dealkylation sites (tertiary alicyclic amines) is 1. The van der Waals surface area contributed by atoms with Crippen LogP contribution in [0.25, 0.3) is 0 Å². The summed E-state index contributed by atoms with van der Waals surface area (Å²) in [5, 5.41) is 3.16. The van der Waals surface area contributed by atoms with Crippen molar-refractivity contribution in [2.45, 2.75) is 52.2 Å². The molecule has 0 aromatic heterocycles. The van der Waals surface area contributed by atoms with Crippen molar-refractivity contribution >= 4 is 11.6 Å². The fraction of sp³-hybridized carbons (Fsp3) is 0.611. The van der Waals surface area contributed by atoms with Crippen molar-refractivity contribution < 1.29 is 9.53 Å². The third kappa shape index (κ3) is 3.96. The predicted molar refractivity (Wildman–Crippen MR) is 94.0 cm³/mol. The van der Waals surface area contributed by atoms with E-state index in [1.165, 1.54) is 0 Å². The second kappa shape index (κ2) is 7.68. The van der Waals surface area contributed by atoms with Crippen LogP contribution in [0.15, 0.2) is 12.1 Å². The molecule has 0 saturated carbocycles. The second-order valence-electron chi connectivity index (χ2n) is 6.19. The first kappa shape index (κ1) is 17.6. The molecule has 1 aromatic carbocycles. The minimum atomic E-state index is -0.00139. The van der Waals surface area contributed by atoms with Crippen molar-refractivity contribution in [3.63, 3.8) is 0 Å². The van der Waals surface area contributed by atoms with E-state index >= 15 is 0 Å². The van der Waals surface area contributed by atoms with Gasteiger partial charge in [-0.1, -0.05) is 13.8 Å². The molecule has 128 valence electrons. The Balaban J connectivity index is 0.000000924. The lowest BCUT2D eigenvalue weighted by Crippen LogP contribution is -2.43. The summed E-state index contributed by atoms with van der Waals surface area (Å²) in [5.74, 6) is 0.692. The highest BCUT2D eigenvalue weighted by atomic mass is 16.5. The molecule has 3 rings (SSSR count). The van der Waals surface area contributed by atoms with Gasteiger partial charge in [0, 0.05) is 23.6 Å². The molecule has 1 unspecified atom stereocenters. The maximum absolute atomic E-state index is 12.6. The normalized spacial score (nSPS) is 21.0. The van der Waals surface area contributed by atoms with E-state index in [9.17, 15) is 4.79 Å². The predicted octanol–water partition coefficient (Wildman–Crippen LogP) is 2.44. The van der Waals surface area contributed by atoms with Gasteiger partial charge in [-0.05, 0) is 52.0 Å². The zero-order valence-corrected chi connectivity index (χ0v) is 14.7. The number of nitrogens with two attached hydrogens (primary N) is 1. The lowest BCUT2D eigenvalue weighted by atomic mass is 10.00. The summed E-state index contributed by atoms with van der Waals surface area (Å²) in [4.78, 5) is 14.8. The standard InChI is InChI=1S/C16H23N3O2.C2H6/c1-10-9-13-12(3-4-14(17)15(13)21-10)16(20)18-11-5-7-19(2)8-6-11;1-2/h3-4,10-11H,5-9,17H2,1-2H3,(H,18,20);1-2H3. The number of nitrogens with one attached hydrogen (secondary N) is 1. The fourth-order valence-electron chi connectivity index (χ4n) is 3.15. The Labute approximate surface area is 139 Å². The Morgan fingerprint density at radius 3 is 2.61 bits per heavy atom. The van der Waals surface area contributed by atoms with Crippen molar-refractivity contribution in [3.05, 3.63) is 23.3 Å². The van der Waals surface area contributed by atoms with Gasteiger partial charge in [0.15, 0.2) is 0 Å². The summed E-state index contributed by atoms with van der Waals surface area (Å²) >= 11 is 0. The van der Waals surface area contributed by atoms with E-state index in [4.69, 9.17) is 10.5 Å². The van der Waals surface area contributed by atoms with Crippen LogP contribution < -0.4 is 15.8 Å². The van der Waals surface area contributed by atoms with Gasteiger partial charge in [0.2, 0.25) is 0 Å². The van der Waals surface area contributed by atoms with Crippen molar-refractivity contribution in [1.29, 1.82) is 0 Å². The van der Waals surface area contributed by atoms with E-state index in [2.05, 4.69) is 17.3 Å². The van der Waals surface area contributed by atoms with E-state index in [-0.39, 0.29) is 18.1 Å². The molecule has 5 nitrogen and oxygen atoms in total. The summed E-state index contributed by atoms with van der Waals surface area (Å²) in [6.45, 7) is 8.06. The average molecular weight is 319 g/mol. The molecule has 23 heavy (non-hydrogen) atoms. The van der Waals surface area contributed by atoms with Crippen molar-refractivity contribution in [2.24, 2.45) is 0 Å². The fourth-order valence-corrected chi connectivity index (χ4v) is 3.15. The monoisotopic (exact) mass is 319 g/mol. The molecule has 0 spiro atoms. The number of carbonyl (C=O) groups is 1. The molecule has 2 aliphatic heterocycles. The Bertz CT molecular complexity index is 551. The van der Waals surface area contributed by atoms with Gasteiger partial charge in [0.1, 0.15) is 11.9 Å². The molecule has 2 aliphatic rings. The Morgan fingerprint density at radius 2 is 1.96 bits per heavy atom. The van der Waals surface area contributed by atoms with Crippen LogP contribution in [0.4, 0.5) is 5.69 Å². The molecule has 3 N–H and O–H groups in total. The minimum Gasteiger partial charge on any atom is -0.488 e. The zero-order chi connectivity index (χ0) is 17.0. The van der Waals surface area contributed by atoms with Crippen LogP contribution in [0, 0.1) is 0 Å². The number of nitrogens with zero attached hydrogens (tertiary/aromatic N) is 1. The number of anilines is 1. The van der Waals surface area contributed by atoms with Crippen LogP contribution in [0.2, 0.25) is 0 Å². The number of benzene rings is 1. The number of hydrogen-bond acceptors (Lipinski definition) is 4. The first-order valence-electron chi connectivity index (χ1n) is 8.62. The lowest BCUT2D eigenvalue weighted by Gasteiger charge is -2.29. The molecule has 1 saturated heterocycles. The largest absolute Gasteiger partial charge is 0.488 e. The Kier molecular flexibility index (Phi) is 5.88. The minimum absolute atomic E-state index is 0.00139. The number of nitrogen functional groups attached to an aromatic ring is 1. The Morgan fingerprint density at radius 1 is 1.30 bits per heavy atom. The van der Waals surface area contributed by atoms with Crippen LogP contribution >= 0.6 is 0 Å². The number of fused-ring (bicyclic) bond motifs is 1. The SMILES string of the molecule is CC.CC1Cc2c(C(=O)NC3CCN(C)CC3)ccc(N)c2O1. The second-order valence-corrected chi connectivity index (χ2v) is 6.19. The van der Waals surface area contributed by atoms with Crippen LogP contribution in [0.5, 0.6) is 5.75 Å². The van der Waals surface area contributed by atoms with Crippen LogP contribution in [0.1, 0.15) is 49.5 Å². The van der Waals surface area contributed by atoms with Gasteiger partial charge in [0.05, 0.1) is 5.69 Å². The molecule has 0 aliphatic carbocycles. The third-order valence-corrected chi connectivity index (χ3v) is 4.40. The van der Waals surface area contributed by atoms with E-state index in [0.29, 0.717) is 17.0 Å². The number of carbonyl (C=O) groups excluding carboxylic acids is 1. The number of amides is 1. The summed E-state index contributed by atoms with van der Waals surface area (Å²) in [5.41, 5.74) is 8.22. The quantitative estimate of drug-likeness (QED) is 0.822. The molecule has 1 atom stereocenters. The van der Waals surface area contributed by atoms with Crippen molar-refractivity contribution in [2.75, 3.05) is 25.9 Å². The molecular weight excluding hydrogens is 290 g/mol. The van der Waals surface area contributed by atoms with E-state index < -0.39 is 0 Å². The maximum atomic E-state index is 12.6. The van der Waals surface area contributed by atoms with E-state index in [1.54, 1.807) is 6.07 Å². The number of piperidine rings is 1. The number of hydrogen-bond donors (Lipinski definition) is 2. The summed E-state index contributed by atoms with van der Waals surface area (Å²) < 4.78 is 5.72. The van der Waals surface area contributed by atoms with Crippen molar-refractivity contribution in [1.82, 2.24) is 10.2 Å². The van der Waals surface area contributed by atoms with Crippen molar-refractivity contribution in [3.8, 4) is 5.75 Å². The van der Waals surface area contributed by atoms with Gasteiger partial charge in [0.25, 0.3) is 5.91 Å². The molecule has 1 fully saturated rings. The molecule has 0 bridgehead atoms. The van der Waals surface area contributed by atoms with Gasteiger partial charge >= 0.3 is 0 Å². The summed E-state index contributed by atoms with van der Waals surface area (Å²) in [7, 11) is 2.11. The summed E-state index contributed by atoms with van der Waals surface area (Å²) in [6.07, 6.45) is 2.84. The van der Waals surface area contributed by atoms with Gasteiger partial charge in [-0.15, -0.1) is 0 Å². The van der Waals surface area contributed by atoms with Gasteiger partial charge in [-0.3, -0.25) is 4.79 Å². The van der Waals surface area contributed by atoms with Gasteiger partial charge in [-0.25, -0.2) is 0 Å². The van der Waals surface area contributed by atoms with Crippen LogP contribution in [-0.2, 0) is 6.42 Å². The highest BCUT2D eigenvalue weighted by molar-refractivity contribution is 5.97. The molecule has 1 amide bonds. The highest BCUT2D eigenvalue weighted by Crippen LogP contribution is 2.36. The van der Waals surface area contributed by atoms with Gasteiger partial charge in [-0.2, -0.15) is 0 Å². The van der Waals surface area contributed by atoms with Crippen LogP contribution in [-0.4, -0.2) is 43.1 Å². The maximum Gasteiger partial charge on any atom is 0.251 e. The van der Waals surface area contributed by atoms with Gasteiger partial charge < -0.3 is 20.7 Å². The average Bonchev–Trinajstić information content (AvgIpc) is 2.94. The molecule has 1 aromatic rings. The van der Waals surface area contributed by atoms with Crippen LogP contribution in [0.3, 0.4) is 0 Å². The van der Waals surface area contributed by atoms with E-state index in [0.717, 1.165) is 37.9 Å². The van der Waals surface area contributed by atoms with E-state index in [1.807, 2.05) is 26.8 Å². The third-order valence-electron chi connectivity index (χ3n) is 4.40. The Hall–Kier alpha value is -1.75. The lowest BCUT2D eigenvalue weighted by molar-refractivity contribution is 0.0916. The number of ether oxygens (including phenoxy) is 1. The molecule has 0 radical (unpaired) electrons. The molecule has 5 heteroatoms. The first-order valence-corrected chi connectivity index (χ1v) is 8.62. The topological polar surface area (TPSA) is 67.6 Å².